The van der Waals surface area contributed by atoms with Crippen molar-refractivity contribution < 1.29 is 9.59 Å². The Labute approximate surface area is 219 Å². The molecule has 2 N–H and O–H groups in total. The van der Waals surface area contributed by atoms with Crippen molar-refractivity contribution in [2.75, 3.05) is 5.32 Å². The molecule has 0 aliphatic carbocycles. The molecular formula is C28H27ClN4O2S. The molecular weight excluding hydrogens is 492 g/mol. The molecule has 0 unspecified atom stereocenters. The summed E-state index contributed by atoms with van der Waals surface area (Å²) in [6, 6.07) is 23.6. The van der Waals surface area contributed by atoms with Crippen molar-refractivity contribution in [2.45, 2.75) is 38.6 Å². The summed E-state index contributed by atoms with van der Waals surface area (Å²) in [6.45, 7) is 2.15. The van der Waals surface area contributed by atoms with Crippen molar-refractivity contribution in [2.24, 2.45) is 0 Å². The highest BCUT2D eigenvalue weighted by atomic mass is 35.5. The summed E-state index contributed by atoms with van der Waals surface area (Å²) >= 11 is 7.33. The second-order valence-electron chi connectivity index (χ2n) is 8.43. The molecule has 36 heavy (non-hydrogen) atoms. The largest absolute Gasteiger partial charge is 0.340 e. The number of carbonyl (C=O) groups excluding carboxylic acids is 2. The summed E-state index contributed by atoms with van der Waals surface area (Å²) in [6.07, 6.45) is 3.55. The SMILES string of the molecule is CCCCc1ccc(C(=O)N[C@H](Cc2ccccc2)C(=O)Nc2nnc(-c3cccc(Cl)c3)s2)cc1. The average Bonchev–Trinajstić information content (AvgIpc) is 3.36. The van der Waals surface area contributed by atoms with E-state index in [1.165, 1.54) is 16.9 Å². The number of halogens is 1. The smallest absolute Gasteiger partial charge is 0.251 e. The lowest BCUT2D eigenvalue weighted by Gasteiger charge is -2.18. The topological polar surface area (TPSA) is 84.0 Å². The molecule has 1 atom stereocenters. The maximum Gasteiger partial charge on any atom is 0.251 e. The van der Waals surface area contributed by atoms with E-state index in [9.17, 15) is 9.59 Å². The van der Waals surface area contributed by atoms with Crippen molar-refractivity contribution in [3.8, 4) is 10.6 Å². The highest BCUT2D eigenvalue weighted by Gasteiger charge is 2.23. The van der Waals surface area contributed by atoms with Crippen LogP contribution < -0.4 is 10.6 Å². The maximum absolute atomic E-state index is 13.2. The van der Waals surface area contributed by atoms with Gasteiger partial charge in [-0.2, -0.15) is 0 Å². The molecule has 0 fully saturated rings. The Morgan fingerprint density at radius 1 is 0.944 bits per heavy atom. The van der Waals surface area contributed by atoms with E-state index < -0.39 is 6.04 Å². The van der Waals surface area contributed by atoms with Gasteiger partial charge in [-0.3, -0.25) is 14.9 Å². The van der Waals surface area contributed by atoms with Gasteiger partial charge >= 0.3 is 0 Å². The highest BCUT2D eigenvalue weighted by Crippen LogP contribution is 2.28. The summed E-state index contributed by atoms with van der Waals surface area (Å²) in [5.74, 6) is -0.662. The second kappa shape index (κ2) is 12.4. The lowest BCUT2D eigenvalue weighted by atomic mass is 10.0. The van der Waals surface area contributed by atoms with Crippen LogP contribution in [0.3, 0.4) is 0 Å². The van der Waals surface area contributed by atoms with Crippen LogP contribution in [-0.2, 0) is 17.6 Å². The molecule has 0 radical (unpaired) electrons. The quantitative estimate of drug-likeness (QED) is 0.262. The summed E-state index contributed by atoms with van der Waals surface area (Å²) < 4.78 is 0. The fraction of sp³-hybridized carbons (Fsp3) is 0.214. The molecule has 8 heteroatoms. The van der Waals surface area contributed by atoms with Crippen LogP contribution in [0.5, 0.6) is 0 Å². The Morgan fingerprint density at radius 2 is 1.72 bits per heavy atom. The van der Waals surface area contributed by atoms with Crippen molar-refractivity contribution in [3.05, 3.63) is 101 Å². The zero-order chi connectivity index (χ0) is 25.3. The van der Waals surface area contributed by atoms with Gasteiger partial charge in [0.1, 0.15) is 11.0 Å². The van der Waals surface area contributed by atoms with Crippen LogP contribution in [0.1, 0.15) is 41.3 Å². The van der Waals surface area contributed by atoms with Gasteiger partial charge in [0.2, 0.25) is 11.0 Å². The van der Waals surface area contributed by atoms with Crippen LogP contribution in [-0.4, -0.2) is 28.1 Å². The lowest BCUT2D eigenvalue weighted by molar-refractivity contribution is -0.118. The lowest BCUT2D eigenvalue weighted by Crippen LogP contribution is -2.45. The maximum atomic E-state index is 13.2. The third-order valence-electron chi connectivity index (χ3n) is 5.67. The number of hydrogen-bond acceptors (Lipinski definition) is 5. The first-order chi connectivity index (χ1) is 17.5. The van der Waals surface area contributed by atoms with E-state index >= 15 is 0 Å². The van der Waals surface area contributed by atoms with Gasteiger partial charge in [0, 0.05) is 22.6 Å². The Hall–Kier alpha value is -3.55. The Morgan fingerprint density at radius 3 is 2.44 bits per heavy atom. The minimum absolute atomic E-state index is 0.301. The van der Waals surface area contributed by atoms with Crippen LogP contribution in [0.4, 0.5) is 5.13 Å². The number of aryl methyl sites for hydroxylation is 1. The molecule has 0 aliphatic rings. The first kappa shape index (κ1) is 25.5. The predicted molar refractivity (Wildman–Crippen MR) is 145 cm³/mol. The molecule has 184 valence electrons. The first-order valence-electron chi connectivity index (χ1n) is 11.9. The van der Waals surface area contributed by atoms with Crippen molar-refractivity contribution in [3.63, 3.8) is 0 Å². The summed E-state index contributed by atoms with van der Waals surface area (Å²) in [5, 5.41) is 15.6. The number of nitrogens with zero attached hydrogens (tertiary/aromatic N) is 2. The summed E-state index contributed by atoms with van der Waals surface area (Å²) in [4.78, 5) is 26.3. The predicted octanol–water partition coefficient (Wildman–Crippen LogP) is 6.18. The molecule has 3 aromatic carbocycles. The minimum Gasteiger partial charge on any atom is -0.340 e. The van der Waals surface area contributed by atoms with Gasteiger partial charge in [-0.25, -0.2) is 0 Å². The molecule has 4 rings (SSSR count). The third kappa shape index (κ3) is 6.99. The summed E-state index contributed by atoms with van der Waals surface area (Å²) in [7, 11) is 0. The normalized spacial score (nSPS) is 11.6. The van der Waals surface area contributed by atoms with Gasteiger partial charge in [0.25, 0.3) is 5.91 Å². The number of amides is 2. The second-order valence-corrected chi connectivity index (χ2v) is 9.84. The Kier molecular flexibility index (Phi) is 8.81. The van der Waals surface area contributed by atoms with Crippen molar-refractivity contribution >= 4 is 39.9 Å². The van der Waals surface area contributed by atoms with Crippen LogP contribution in [0, 0.1) is 0 Å². The van der Waals surface area contributed by atoms with E-state index in [1.54, 1.807) is 24.3 Å². The fourth-order valence-corrected chi connectivity index (χ4v) is 4.64. The monoisotopic (exact) mass is 518 g/mol. The number of unbranched alkanes of at least 4 members (excludes halogenated alkanes) is 1. The van der Waals surface area contributed by atoms with Crippen molar-refractivity contribution in [1.82, 2.24) is 15.5 Å². The van der Waals surface area contributed by atoms with Gasteiger partial charge in [0.15, 0.2) is 0 Å². The molecule has 0 saturated heterocycles. The molecule has 6 nitrogen and oxygen atoms in total. The molecule has 1 heterocycles. The fourth-order valence-electron chi connectivity index (χ4n) is 3.71. The van der Waals surface area contributed by atoms with Crippen LogP contribution in [0.15, 0.2) is 78.9 Å². The molecule has 1 aromatic heterocycles. The molecule has 0 bridgehead atoms. The van der Waals surface area contributed by atoms with E-state index in [1.807, 2.05) is 54.6 Å². The van der Waals surface area contributed by atoms with Gasteiger partial charge in [-0.15, -0.1) is 10.2 Å². The average molecular weight is 519 g/mol. The number of anilines is 1. The third-order valence-corrected chi connectivity index (χ3v) is 6.79. The number of hydrogen-bond donors (Lipinski definition) is 2. The number of carbonyl (C=O) groups is 2. The number of benzene rings is 3. The van der Waals surface area contributed by atoms with Crippen LogP contribution in [0.2, 0.25) is 5.02 Å². The standard InChI is InChI=1S/C28H27ClN4O2S/c1-2-3-8-19-13-15-21(16-14-19)25(34)30-24(17-20-9-5-4-6-10-20)26(35)31-28-33-32-27(36-28)22-11-7-12-23(29)18-22/h4-7,9-16,18,24H,2-3,8,17H2,1H3,(H,30,34)(H,31,33,35)/t24-/m1/s1. The molecule has 0 saturated carbocycles. The molecule has 0 aliphatic heterocycles. The van der Waals surface area contributed by atoms with Crippen LogP contribution >= 0.6 is 22.9 Å². The summed E-state index contributed by atoms with van der Waals surface area (Å²) in [5.41, 5.74) is 3.46. The van der Waals surface area contributed by atoms with E-state index in [0.29, 0.717) is 27.1 Å². The first-order valence-corrected chi connectivity index (χ1v) is 13.1. The van der Waals surface area contributed by atoms with Crippen LogP contribution in [0.25, 0.3) is 10.6 Å². The molecule has 4 aromatic rings. The minimum atomic E-state index is -0.793. The van der Waals surface area contributed by atoms with Gasteiger partial charge in [-0.05, 0) is 48.2 Å². The van der Waals surface area contributed by atoms with Crippen molar-refractivity contribution in [1.29, 1.82) is 0 Å². The van der Waals surface area contributed by atoms with E-state index in [2.05, 4.69) is 27.8 Å². The zero-order valence-electron chi connectivity index (χ0n) is 19.9. The van der Waals surface area contributed by atoms with E-state index in [-0.39, 0.29) is 11.8 Å². The Balaban J connectivity index is 1.48. The van der Waals surface area contributed by atoms with Gasteiger partial charge in [-0.1, -0.05) is 90.9 Å². The number of nitrogens with one attached hydrogen (secondary N) is 2. The molecule has 2 amide bonds. The zero-order valence-corrected chi connectivity index (χ0v) is 21.5. The Bertz CT molecular complexity index is 1310. The highest BCUT2D eigenvalue weighted by molar-refractivity contribution is 7.18. The van der Waals surface area contributed by atoms with E-state index in [4.69, 9.17) is 11.6 Å². The van der Waals surface area contributed by atoms with E-state index in [0.717, 1.165) is 30.4 Å². The number of aromatic nitrogens is 2. The molecule has 0 spiro atoms. The van der Waals surface area contributed by atoms with Gasteiger partial charge in [0.05, 0.1) is 0 Å². The van der Waals surface area contributed by atoms with Gasteiger partial charge < -0.3 is 5.32 Å². The number of rotatable bonds is 10.